The van der Waals surface area contributed by atoms with Gasteiger partial charge in [0.05, 0.1) is 75.0 Å². The van der Waals surface area contributed by atoms with Gasteiger partial charge in [-0.15, -0.1) is 0 Å². The van der Waals surface area contributed by atoms with E-state index in [1.807, 2.05) is 58.9 Å². The third kappa shape index (κ3) is 5.74. The minimum Gasteiger partial charge on any atom is -0.469 e. The Morgan fingerprint density at radius 3 is 1.92 bits per heavy atom. The molecule has 264 valence electrons. The van der Waals surface area contributed by atoms with Crippen LogP contribution in [0.1, 0.15) is 65.3 Å². The van der Waals surface area contributed by atoms with E-state index in [1.54, 1.807) is 12.2 Å². The van der Waals surface area contributed by atoms with Crippen molar-refractivity contribution in [1.82, 2.24) is 19.9 Å². The standard InChI is InChI=1S/C39H40N4O8/c1-18-19(2)29-17-33-39(5)25(11-10-22(37(46)50-8)36(39)38(47)51-9)32(43-33)15-28-21(4)24(13-35(45)49-7)31(42-28)16-30-23(12-34(44)48-6)20(3)27(41-30)14-26(18)40-29/h10-11,14-17,36,40,42H,12-13H2,1-9H3. The Labute approximate surface area is 294 Å². The molecule has 2 atom stereocenters. The van der Waals surface area contributed by atoms with Crippen LogP contribution in [-0.2, 0) is 50.0 Å². The molecule has 3 aliphatic rings. The maximum Gasteiger partial charge on any atom is 0.334 e. The molecule has 8 bridgehead atoms. The second-order valence-corrected chi connectivity index (χ2v) is 13.1. The highest BCUT2D eigenvalue weighted by atomic mass is 16.5. The molecule has 0 fully saturated rings. The van der Waals surface area contributed by atoms with E-state index in [1.165, 1.54) is 28.4 Å². The van der Waals surface area contributed by atoms with E-state index in [9.17, 15) is 19.2 Å². The van der Waals surface area contributed by atoms with Crippen LogP contribution in [-0.4, -0.2) is 72.3 Å². The van der Waals surface area contributed by atoms with Crippen molar-refractivity contribution in [2.75, 3.05) is 28.4 Å². The number of hydrogen-bond donors (Lipinski definition) is 2. The highest BCUT2D eigenvalue weighted by Crippen LogP contribution is 2.52. The number of H-pyrrole nitrogens is 2. The summed E-state index contributed by atoms with van der Waals surface area (Å²) >= 11 is 0. The largest absolute Gasteiger partial charge is 0.469 e. The monoisotopic (exact) mass is 692 g/mol. The number of methoxy groups -OCH3 is 4. The normalized spacial score (nSPS) is 18.0. The maximum absolute atomic E-state index is 13.6. The summed E-state index contributed by atoms with van der Waals surface area (Å²) < 4.78 is 20.5. The van der Waals surface area contributed by atoms with Crippen molar-refractivity contribution < 1.29 is 38.1 Å². The first-order chi connectivity index (χ1) is 24.3. The van der Waals surface area contributed by atoms with Crippen molar-refractivity contribution in [2.45, 2.75) is 52.9 Å². The molecule has 3 aromatic rings. The number of esters is 4. The van der Waals surface area contributed by atoms with Crippen molar-refractivity contribution in [3.63, 3.8) is 0 Å². The number of nitrogens with zero attached hydrogens (tertiary/aromatic N) is 2. The van der Waals surface area contributed by atoms with E-state index in [0.29, 0.717) is 50.5 Å². The second-order valence-electron chi connectivity index (χ2n) is 13.1. The number of ether oxygens (including phenoxy) is 4. The molecule has 0 radical (unpaired) electrons. The van der Waals surface area contributed by atoms with Crippen molar-refractivity contribution in [3.8, 4) is 0 Å². The lowest BCUT2D eigenvalue weighted by Crippen LogP contribution is -2.42. The summed E-state index contributed by atoms with van der Waals surface area (Å²) in [6, 6.07) is 7.54. The Hall–Kier alpha value is -5.78. The fourth-order valence-corrected chi connectivity index (χ4v) is 7.22. The first kappa shape index (κ1) is 35.1. The molecule has 0 aromatic carbocycles. The van der Waals surface area contributed by atoms with E-state index >= 15 is 0 Å². The molecule has 51 heavy (non-hydrogen) atoms. The summed E-state index contributed by atoms with van der Waals surface area (Å²) in [5.41, 5.74) is 9.73. The zero-order valence-electron chi connectivity index (χ0n) is 30.1. The van der Waals surface area contributed by atoms with Gasteiger partial charge >= 0.3 is 23.9 Å². The summed E-state index contributed by atoms with van der Waals surface area (Å²) in [6.45, 7) is 9.67. The van der Waals surface area contributed by atoms with Crippen molar-refractivity contribution in [2.24, 2.45) is 5.92 Å². The van der Waals surface area contributed by atoms with Gasteiger partial charge in [0.1, 0.15) is 5.92 Å². The smallest absolute Gasteiger partial charge is 0.334 e. The van der Waals surface area contributed by atoms with Gasteiger partial charge in [-0.2, -0.15) is 0 Å². The molecule has 12 nitrogen and oxygen atoms in total. The Balaban J connectivity index is 1.78. The molecular weight excluding hydrogens is 652 g/mol. The molecule has 0 amide bonds. The zero-order chi connectivity index (χ0) is 36.9. The summed E-state index contributed by atoms with van der Waals surface area (Å²) in [5, 5.41) is 0. The van der Waals surface area contributed by atoms with Gasteiger partial charge in [-0.05, 0) is 97.9 Å². The Morgan fingerprint density at radius 2 is 1.27 bits per heavy atom. The van der Waals surface area contributed by atoms with E-state index < -0.39 is 35.2 Å². The number of carbonyl (C=O) groups is 4. The number of carbonyl (C=O) groups excluding carboxylic acids is 4. The van der Waals surface area contributed by atoms with Gasteiger partial charge < -0.3 is 28.9 Å². The number of aromatic nitrogens is 4. The summed E-state index contributed by atoms with van der Waals surface area (Å²) in [5.74, 6) is -3.15. The first-order valence-electron chi connectivity index (χ1n) is 16.4. The third-order valence-electron chi connectivity index (χ3n) is 10.5. The predicted octanol–water partition coefficient (Wildman–Crippen LogP) is 5.69. The molecule has 3 aromatic heterocycles. The zero-order valence-corrected chi connectivity index (χ0v) is 30.1. The highest BCUT2D eigenvalue weighted by molar-refractivity contribution is 6.02. The van der Waals surface area contributed by atoms with E-state index in [-0.39, 0.29) is 18.4 Å². The Kier molecular flexibility index (Phi) is 9.05. The SMILES string of the molecule is COC(=O)CC1=C(C)c2cc3[nH]c(cc4nc(cc5[nH]c(cc1n2)c(CC(=O)OC)c5C)C1=CC=C(C(=O)OC)C(C(=O)OC)C14C)c(C)c3C. The average molecular weight is 693 g/mol. The lowest BCUT2D eigenvalue weighted by atomic mass is 9.64. The number of hydrogen-bond acceptors (Lipinski definition) is 10. The molecule has 0 saturated carbocycles. The average Bonchev–Trinajstić information content (AvgIpc) is 3.76. The predicted molar refractivity (Wildman–Crippen MR) is 191 cm³/mol. The third-order valence-corrected chi connectivity index (χ3v) is 10.5. The number of nitrogens with one attached hydrogen (secondary N) is 2. The first-order valence-corrected chi connectivity index (χ1v) is 16.4. The van der Waals surface area contributed by atoms with Crippen LogP contribution in [0.15, 0.2) is 42.0 Å². The number of aryl methyl sites for hydroxylation is 3. The number of rotatable bonds is 6. The molecule has 5 heterocycles. The maximum atomic E-state index is 13.6. The molecule has 0 saturated heterocycles. The van der Waals surface area contributed by atoms with Crippen LogP contribution in [0.2, 0.25) is 0 Å². The van der Waals surface area contributed by atoms with Crippen LogP contribution in [0.25, 0.3) is 38.8 Å². The van der Waals surface area contributed by atoms with Gasteiger partial charge in [0.2, 0.25) is 0 Å². The summed E-state index contributed by atoms with van der Waals surface area (Å²) in [4.78, 5) is 69.1. The quantitative estimate of drug-likeness (QED) is 0.242. The van der Waals surface area contributed by atoms with Crippen molar-refractivity contribution in [3.05, 3.63) is 87.0 Å². The van der Waals surface area contributed by atoms with Crippen LogP contribution in [0.3, 0.4) is 0 Å². The molecule has 0 spiro atoms. The number of fused-ring (bicyclic) bond motifs is 11. The molecule has 6 rings (SSSR count). The van der Waals surface area contributed by atoms with E-state index in [2.05, 4.69) is 9.97 Å². The van der Waals surface area contributed by atoms with Crippen LogP contribution in [0.4, 0.5) is 0 Å². The molecule has 2 unspecified atom stereocenters. The molecule has 2 N–H and O–H groups in total. The van der Waals surface area contributed by atoms with Gasteiger partial charge in [0.15, 0.2) is 0 Å². The Morgan fingerprint density at radius 1 is 0.686 bits per heavy atom. The lowest BCUT2D eigenvalue weighted by molar-refractivity contribution is -0.149. The number of allylic oxidation sites excluding steroid dienone is 4. The molecular formula is C39H40N4O8. The Bertz CT molecular complexity index is 2300. The summed E-state index contributed by atoms with van der Waals surface area (Å²) in [6.07, 6.45) is 3.36. The number of aromatic amines is 2. The summed E-state index contributed by atoms with van der Waals surface area (Å²) in [7, 11) is 5.24. The fraction of sp³-hybridized carbons (Fsp3) is 0.333. The van der Waals surface area contributed by atoms with E-state index in [0.717, 1.165) is 33.3 Å². The van der Waals surface area contributed by atoms with Gasteiger partial charge in [0, 0.05) is 22.1 Å². The highest BCUT2D eigenvalue weighted by Gasteiger charge is 2.53. The topological polar surface area (TPSA) is 163 Å². The minimum atomic E-state index is -1.13. The molecule has 2 aliphatic heterocycles. The van der Waals surface area contributed by atoms with Gasteiger partial charge in [0.25, 0.3) is 0 Å². The van der Waals surface area contributed by atoms with Crippen molar-refractivity contribution in [1.29, 1.82) is 0 Å². The van der Waals surface area contributed by atoms with Crippen molar-refractivity contribution >= 4 is 62.7 Å². The lowest BCUT2D eigenvalue weighted by Gasteiger charge is -2.36. The van der Waals surface area contributed by atoms with Gasteiger partial charge in [-0.3, -0.25) is 19.4 Å². The minimum absolute atomic E-state index is 0.00603. The van der Waals surface area contributed by atoms with Crippen LogP contribution in [0.5, 0.6) is 0 Å². The van der Waals surface area contributed by atoms with Crippen LogP contribution in [0, 0.1) is 26.7 Å². The van der Waals surface area contributed by atoms with Crippen LogP contribution >= 0.6 is 0 Å². The van der Waals surface area contributed by atoms with Crippen LogP contribution < -0.4 is 0 Å². The second kappa shape index (κ2) is 13.2. The molecule has 12 heteroatoms. The van der Waals surface area contributed by atoms with E-state index in [4.69, 9.17) is 28.9 Å². The molecule has 1 aliphatic carbocycles. The van der Waals surface area contributed by atoms with Gasteiger partial charge in [-0.1, -0.05) is 12.2 Å². The fourth-order valence-electron chi connectivity index (χ4n) is 7.22. The van der Waals surface area contributed by atoms with Gasteiger partial charge in [-0.25, -0.2) is 9.78 Å².